The lowest BCUT2D eigenvalue weighted by Gasteiger charge is -2.40. The molecule has 0 aromatic rings. The minimum Gasteiger partial charge on any atom is -0.393 e. The summed E-state index contributed by atoms with van der Waals surface area (Å²) in [6, 6.07) is 0.253. The van der Waals surface area contributed by atoms with Crippen molar-refractivity contribution >= 4 is 6.03 Å². The fourth-order valence-corrected chi connectivity index (χ4v) is 3.39. The topological polar surface area (TPSA) is 67.8 Å². The van der Waals surface area contributed by atoms with Gasteiger partial charge in [-0.1, -0.05) is 27.7 Å². The molecule has 1 heterocycles. The third-order valence-electron chi connectivity index (χ3n) is 4.82. The van der Waals surface area contributed by atoms with Gasteiger partial charge < -0.3 is 20.6 Å². The molecule has 0 aromatic carbocycles. The van der Waals surface area contributed by atoms with E-state index in [2.05, 4.69) is 55.2 Å². The fraction of sp³-hybridized carbons (Fsp3) is 0.944. The molecule has 142 valence electrons. The summed E-state index contributed by atoms with van der Waals surface area (Å²) < 4.78 is 0. The number of aliphatic hydroxyl groups is 1. The van der Waals surface area contributed by atoms with Crippen LogP contribution in [0.2, 0.25) is 0 Å². The summed E-state index contributed by atoms with van der Waals surface area (Å²) in [4.78, 5) is 17.0. The highest BCUT2D eigenvalue weighted by atomic mass is 16.3. The summed E-state index contributed by atoms with van der Waals surface area (Å²) in [6.45, 7) is 15.9. The van der Waals surface area contributed by atoms with Crippen LogP contribution in [0.25, 0.3) is 0 Å². The van der Waals surface area contributed by atoms with Crippen LogP contribution in [0.1, 0.15) is 41.0 Å². The van der Waals surface area contributed by atoms with Crippen molar-refractivity contribution < 1.29 is 9.90 Å². The maximum absolute atomic E-state index is 12.1. The molecule has 0 spiro atoms. The van der Waals surface area contributed by atoms with E-state index in [1.54, 1.807) is 6.92 Å². The Kier molecular flexibility index (Phi) is 8.46. The lowest BCUT2D eigenvalue weighted by molar-refractivity contribution is 0.0885. The molecule has 1 rings (SSSR count). The molecule has 1 aliphatic rings. The highest BCUT2D eigenvalue weighted by Crippen LogP contribution is 2.21. The molecule has 1 fully saturated rings. The molecule has 1 aliphatic heterocycles. The first-order valence-corrected chi connectivity index (χ1v) is 9.23. The average Bonchev–Trinajstić information content (AvgIpc) is 2.45. The largest absolute Gasteiger partial charge is 0.393 e. The van der Waals surface area contributed by atoms with Crippen LogP contribution in [-0.2, 0) is 0 Å². The van der Waals surface area contributed by atoms with Crippen LogP contribution >= 0.6 is 0 Å². The van der Waals surface area contributed by atoms with Gasteiger partial charge in [0.1, 0.15) is 0 Å². The van der Waals surface area contributed by atoms with Crippen molar-refractivity contribution in [3.8, 4) is 0 Å². The second kappa shape index (κ2) is 9.59. The molecule has 0 aromatic heterocycles. The van der Waals surface area contributed by atoms with Gasteiger partial charge in [0, 0.05) is 45.3 Å². The van der Waals surface area contributed by atoms with E-state index in [1.165, 1.54) is 0 Å². The summed E-state index contributed by atoms with van der Waals surface area (Å²) in [7, 11) is 2.16. The van der Waals surface area contributed by atoms with Crippen molar-refractivity contribution in [3.63, 3.8) is 0 Å². The second-order valence-corrected chi connectivity index (χ2v) is 8.43. The number of urea groups is 1. The number of carbonyl (C=O) groups is 1. The highest BCUT2D eigenvalue weighted by Gasteiger charge is 2.26. The van der Waals surface area contributed by atoms with E-state index in [4.69, 9.17) is 0 Å². The molecule has 2 atom stereocenters. The van der Waals surface area contributed by atoms with Crippen LogP contribution in [0.5, 0.6) is 0 Å². The number of piperazine rings is 1. The van der Waals surface area contributed by atoms with Gasteiger partial charge in [-0.05, 0) is 31.7 Å². The van der Waals surface area contributed by atoms with Crippen LogP contribution in [0.4, 0.5) is 4.79 Å². The monoisotopic (exact) mass is 342 g/mol. The maximum atomic E-state index is 12.1. The Bertz CT molecular complexity index is 377. The lowest BCUT2D eigenvalue weighted by atomic mass is 9.87. The second-order valence-electron chi connectivity index (χ2n) is 8.43. The Morgan fingerprint density at radius 3 is 2.21 bits per heavy atom. The average molecular weight is 343 g/mol. The molecular weight excluding hydrogens is 304 g/mol. The molecule has 6 heteroatoms. The first kappa shape index (κ1) is 21.2. The SMILES string of the molecule is CC(O)CC(C)(C)CNC(=O)NCC(C(C)C)N1CCN(C)CC1. The predicted octanol–water partition coefficient (Wildman–Crippen LogP) is 1.35. The van der Waals surface area contributed by atoms with E-state index in [1.807, 2.05) is 0 Å². The third-order valence-corrected chi connectivity index (χ3v) is 4.82. The Balaban J connectivity index is 2.39. The molecule has 2 unspecified atom stereocenters. The van der Waals surface area contributed by atoms with Gasteiger partial charge in [-0.15, -0.1) is 0 Å². The fourth-order valence-electron chi connectivity index (χ4n) is 3.39. The van der Waals surface area contributed by atoms with Crippen LogP contribution in [0, 0.1) is 11.3 Å². The van der Waals surface area contributed by atoms with E-state index in [0.717, 1.165) is 26.2 Å². The summed E-state index contributed by atoms with van der Waals surface area (Å²) in [5, 5.41) is 15.5. The van der Waals surface area contributed by atoms with Crippen molar-refractivity contribution in [2.24, 2.45) is 11.3 Å². The van der Waals surface area contributed by atoms with E-state index in [0.29, 0.717) is 31.5 Å². The van der Waals surface area contributed by atoms with Crippen molar-refractivity contribution in [1.29, 1.82) is 0 Å². The Morgan fingerprint density at radius 1 is 1.12 bits per heavy atom. The Hall–Kier alpha value is -0.850. The number of nitrogens with zero attached hydrogens (tertiary/aromatic N) is 2. The molecular formula is C18H38N4O2. The van der Waals surface area contributed by atoms with Gasteiger partial charge in [0.2, 0.25) is 0 Å². The lowest BCUT2D eigenvalue weighted by Crippen LogP contribution is -2.55. The van der Waals surface area contributed by atoms with Gasteiger partial charge in [0.15, 0.2) is 0 Å². The number of amides is 2. The molecule has 24 heavy (non-hydrogen) atoms. The number of aliphatic hydroxyl groups excluding tert-OH is 1. The molecule has 3 N–H and O–H groups in total. The normalized spacial score (nSPS) is 20.0. The van der Waals surface area contributed by atoms with Gasteiger partial charge in [0.25, 0.3) is 0 Å². The number of nitrogens with one attached hydrogen (secondary N) is 2. The molecule has 0 radical (unpaired) electrons. The van der Waals surface area contributed by atoms with Gasteiger partial charge in [-0.3, -0.25) is 4.90 Å². The quantitative estimate of drug-likeness (QED) is 0.623. The zero-order chi connectivity index (χ0) is 18.3. The molecule has 0 aliphatic carbocycles. The third kappa shape index (κ3) is 7.81. The maximum Gasteiger partial charge on any atom is 0.314 e. The molecule has 6 nitrogen and oxygen atoms in total. The van der Waals surface area contributed by atoms with Crippen LogP contribution in [0.15, 0.2) is 0 Å². The van der Waals surface area contributed by atoms with Crippen molar-refractivity contribution in [3.05, 3.63) is 0 Å². The van der Waals surface area contributed by atoms with Crippen molar-refractivity contribution in [1.82, 2.24) is 20.4 Å². The number of carbonyl (C=O) groups excluding carboxylic acids is 1. The van der Waals surface area contributed by atoms with Crippen LogP contribution in [0.3, 0.4) is 0 Å². The standard InChI is InChI=1S/C18H38N4O2/c1-14(2)16(22-9-7-21(6)8-10-22)12-19-17(24)20-13-18(4,5)11-15(3)23/h14-16,23H,7-13H2,1-6H3,(H2,19,20,24). The van der Waals surface area contributed by atoms with Gasteiger partial charge in [-0.2, -0.15) is 0 Å². The molecule has 2 amide bonds. The number of likely N-dealkylation sites (N-methyl/N-ethyl adjacent to an activating group) is 1. The molecule has 0 saturated carbocycles. The summed E-state index contributed by atoms with van der Waals surface area (Å²) in [5.41, 5.74) is -0.111. The first-order valence-electron chi connectivity index (χ1n) is 9.23. The van der Waals surface area contributed by atoms with E-state index in [-0.39, 0.29) is 17.6 Å². The van der Waals surface area contributed by atoms with Gasteiger partial charge in [0.05, 0.1) is 6.10 Å². The predicted molar refractivity (Wildman–Crippen MR) is 99.2 cm³/mol. The van der Waals surface area contributed by atoms with Crippen LogP contribution < -0.4 is 10.6 Å². The number of hydrogen-bond acceptors (Lipinski definition) is 4. The summed E-state index contributed by atoms with van der Waals surface area (Å²) in [6.07, 6.45) is 0.316. The van der Waals surface area contributed by atoms with E-state index < -0.39 is 0 Å². The van der Waals surface area contributed by atoms with E-state index >= 15 is 0 Å². The van der Waals surface area contributed by atoms with Crippen molar-refractivity contribution in [2.75, 3.05) is 46.3 Å². The molecule has 0 bridgehead atoms. The zero-order valence-electron chi connectivity index (χ0n) is 16.4. The zero-order valence-corrected chi connectivity index (χ0v) is 16.4. The Morgan fingerprint density at radius 2 is 1.71 bits per heavy atom. The smallest absolute Gasteiger partial charge is 0.314 e. The first-order chi connectivity index (χ1) is 11.1. The minimum absolute atomic E-state index is 0.111. The van der Waals surface area contributed by atoms with Crippen molar-refractivity contribution in [2.45, 2.75) is 53.2 Å². The van der Waals surface area contributed by atoms with Crippen LogP contribution in [-0.4, -0.2) is 79.4 Å². The molecule has 1 saturated heterocycles. The minimum atomic E-state index is -0.354. The van der Waals surface area contributed by atoms with Gasteiger partial charge >= 0.3 is 6.03 Å². The number of rotatable bonds is 8. The number of hydrogen-bond donors (Lipinski definition) is 3. The summed E-state index contributed by atoms with van der Waals surface area (Å²) in [5.74, 6) is 0.500. The summed E-state index contributed by atoms with van der Waals surface area (Å²) >= 11 is 0. The highest BCUT2D eigenvalue weighted by molar-refractivity contribution is 5.73. The van der Waals surface area contributed by atoms with E-state index in [9.17, 15) is 9.90 Å². The van der Waals surface area contributed by atoms with Gasteiger partial charge in [-0.25, -0.2) is 4.79 Å². The Labute approximate surface area is 148 Å².